The largest absolute Gasteiger partial charge is 0.480 e. The van der Waals surface area contributed by atoms with Gasteiger partial charge in [-0.25, -0.2) is 4.79 Å². The van der Waals surface area contributed by atoms with E-state index in [1.54, 1.807) is 0 Å². The lowest BCUT2D eigenvalue weighted by atomic mass is 10.2. The van der Waals surface area contributed by atoms with Crippen molar-refractivity contribution < 1.29 is 32.0 Å². The molecule has 7 nitrogen and oxygen atoms in total. The van der Waals surface area contributed by atoms with E-state index in [2.05, 4.69) is 4.18 Å². The van der Waals surface area contributed by atoms with Crippen molar-refractivity contribution in [3.8, 4) is 0 Å². The Morgan fingerprint density at radius 1 is 1.00 bits per heavy atom. The van der Waals surface area contributed by atoms with E-state index in [0.29, 0.717) is 13.2 Å². The van der Waals surface area contributed by atoms with Gasteiger partial charge in [0.15, 0.2) is 0 Å². The average Bonchev–Trinajstić information content (AvgIpc) is 2.24. The molecule has 0 aromatic carbocycles. The quantitative estimate of drug-likeness (QED) is 0.405. The number of aliphatic carboxylic acids is 1. The zero-order chi connectivity index (χ0) is 13.9. The number of ether oxygens (including phenoxy) is 2. The number of carbonyl (C=O) groups is 1. The van der Waals surface area contributed by atoms with Gasteiger partial charge in [-0.3, -0.25) is 4.18 Å². The van der Waals surface area contributed by atoms with Gasteiger partial charge < -0.3 is 14.6 Å². The molecule has 0 spiro atoms. The summed E-state index contributed by atoms with van der Waals surface area (Å²) >= 11 is 0. The van der Waals surface area contributed by atoms with Crippen LogP contribution in [0.1, 0.15) is 19.3 Å². The van der Waals surface area contributed by atoms with Gasteiger partial charge in [-0.1, -0.05) is 0 Å². The molecular weight excluding hydrogens is 264 g/mol. The number of hydrogen-bond acceptors (Lipinski definition) is 6. The lowest BCUT2D eigenvalue weighted by Gasteiger charge is -2.04. The Labute approximate surface area is 107 Å². The molecule has 1 N–H and O–H groups in total. The zero-order valence-corrected chi connectivity index (χ0v) is 11.3. The molecule has 0 amide bonds. The monoisotopic (exact) mass is 284 g/mol. The normalized spacial score (nSPS) is 11.6. The van der Waals surface area contributed by atoms with E-state index >= 15 is 0 Å². The third kappa shape index (κ3) is 15.3. The van der Waals surface area contributed by atoms with E-state index in [1.165, 1.54) is 0 Å². The standard InChI is InChI=1S/C10H20O7S/c1-18(13,14)17-8-7-15-5-3-2-4-6-16-9-10(11)12/h2-9H2,1H3,(H,11,12). The summed E-state index contributed by atoms with van der Waals surface area (Å²) in [7, 11) is -3.38. The summed E-state index contributed by atoms with van der Waals surface area (Å²) in [5.74, 6) is -0.968. The summed E-state index contributed by atoms with van der Waals surface area (Å²) in [5.41, 5.74) is 0. The molecule has 0 unspecified atom stereocenters. The molecule has 0 saturated heterocycles. The molecule has 0 aliphatic rings. The summed E-state index contributed by atoms with van der Waals surface area (Å²) in [6, 6.07) is 0. The average molecular weight is 284 g/mol. The van der Waals surface area contributed by atoms with Crippen LogP contribution >= 0.6 is 0 Å². The van der Waals surface area contributed by atoms with Crippen LogP contribution in [0, 0.1) is 0 Å². The summed E-state index contributed by atoms with van der Waals surface area (Å²) in [6.07, 6.45) is 3.45. The van der Waals surface area contributed by atoms with E-state index in [4.69, 9.17) is 14.6 Å². The minimum absolute atomic E-state index is 0.0283. The maximum absolute atomic E-state index is 10.6. The zero-order valence-electron chi connectivity index (χ0n) is 10.5. The third-order valence-corrected chi connectivity index (χ3v) is 2.42. The smallest absolute Gasteiger partial charge is 0.329 e. The van der Waals surface area contributed by atoms with Crippen LogP contribution in [0.3, 0.4) is 0 Å². The van der Waals surface area contributed by atoms with Gasteiger partial charge in [0.1, 0.15) is 6.61 Å². The predicted molar refractivity (Wildman–Crippen MR) is 63.9 cm³/mol. The minimum Gasteiger partial charge on any atom is -0.480 e. The Kier molecular flexibility index (Phi) is 9.85. The SMILES string of the molecule is CS(=O)(=O)OCCOCCCCCOCC(=O)O. The molecule has 0 atom stereocenters. The molecular formula is C10H20O7S. The molecule has 0 saturated carbocycles. The fourth-order valence-corrected chi connectivity index (χ4v) is 1.46. The van der Waals surface area contributed by atoms with Crippen molar-refractivity contribution in [2.45, 2.75) is 19.3 Å². The number of hydrogen-bond donors (Lipinski definition) is 1. The van der Waals surface area contributed by atoms with Crippen molar-refractivity contribution >= 4 is 16.1 Å². The van der Waals surface area contributed by atoms with Gasteiger partial charge in [0, 0.05) is 13.2 Å². The Morgan fingerprint density at radius 3 is 2.17 bits per heavy atom. The Morgan fingerprint density at radius 2 is 1.61 bits per heavy atom. The fourth-order valence-electron chi connectivity index (χ4n) is 1.09. The molecule has 0 aromatic heterocycles. The first-order valence-electron chi connectivity index (χ1n) is 5.63. The first-order chi connectivity index (χ1) is 8.42. The van der Waals surface area contributed by atoms with Crippen LogP contribution in [0.15, 0.2) is 0 Å². The van der Waals surface area contributed by atoms with Gasteiger partial charge in [0.05, 0.1) is 19.5 Å². The molecule has 0 radical (unpaired) electrons. The molecule has 0 fully saturated rings. The van der Waals surface area contributed by atoms with Crippen molar-refractivity contribution in [1.29, 1.82) is 0 Å². The number of carboxylic acids is 1. The molecule has 0 heterocycles. The number of rotatable bonds is 12. The van der Waals surface area contributed by atoms with Crippen molar-refractivity contribution in [3.63, 3.8) is 0 Å². The van der Waals surface area contributed by atoms with Crippen LogP contribution in [0.4, 0.5) is 0 Å². The van der Waals surface area contributed by atoms with Crippen LogP contribution in [-0.2, 0) is 28.6 Å². The van der Waals surface area contributed by atoms with Crippen LogP contribution in [0.25, 0.3) is 0 Å². The number of unbranched alkanes of at least 4 members (excludes halogenated alkanes) is 2. The first-order valence-corrected chi connectivity index (χ1v) is 7.45. The first kappa shape index (κ1) is 17.3. The second kappa shape index (κ2) is 10.2. The minimum atomic E-state index is -3.38. The Balaban J connectivity index is 3.10. The van der Waals surface area contributed by atoms with E-state index < -0.39 is 16.1 Å². The van der Waals surface area contributed by atoms with Gasteiger partial charge in [-0.15, -0.1) is 0 Å². The highest BCUT2D eigenvalue weighted by Gasteiger charge is 2.00. The van der Waals surface area contributed by atoms with Gasteiger partial charge in [0.2, 0.25) is 0 Å². The second-order valence-corrected chi connectivity index (χ2v) is 5.29. The highest BCUT2D eigenvalue weighted by atomic mass is 32.2. The maximum atomic E-state index is 10.6. The van der Waals surface area contributed by atoms with Crippen LogP contribution in [-0.4, -0.2) is 58.8 Å². The molecule has 8 heteroatoms. The molecule has 108 valence electrons. The van der Waals surface area contributed by atoms with E-state index in [-0.39, 0.29) is 19.8 Å². The summed E-state index contributed by atoms with van der Waals surface area (Å²) in [6.45, 7) is 0.942. The van der Waals surface area contributed by atoms with Gasteiger partial charge in [-0.2, -0.15) is 8.42 Å². The number of carboxylic acid groups (broad SMARTS) is 1. The van der Waals surface area contributed by atoms with Gasteiger partial charge >= 0.3 is 5.97 Å². The third-order valence-electron chi connectivity index (χ3n) is 1.83. The van der Waals surface area contributed by atoms with Crippen LogP contribution < -0.4 is 0 Å². The van der Waals surface area contributed by atoms with E-state index in [1.807, 2.05) is 0 Å². The lowest BCUT2D eigenvalue weighted by molar-refractivity contribution is -0.142. The molecule has 0 aliphatic carbocycles. The topological polar surface area (TPSA) is 99.1 Å². The second-order valence-electron chi connectivity index (χ2n) is 3.65. The van der Waals surface area contributed by atoms with Crippen LogP contribution in [0.2, 0.25) is 0 Å². The fraction of sp³-hybridized carbons (Fsp3) is 0.900. The van der Waals surface area contributed by atoms with Gasteiger partial charge in [0.25, 0.3) is 10.1 Å². The summed E-state index contributed by atoms with van der Waals surface area (Å²) in [5, 5.41) is 8.29. The maximum Gasteiger partial charge on any atom is 0.329 e. The molecule has 0 aromatic rings. The van der Waals surface area contributed by atoms with Crippen molar-refractivity contribution in [2.75, 3.05) is 39.3 Å². The van der Waals surface area contributed by atoms with Crippen molar-refractivity contribution in [1.82, 2.24) is 0 Å². The van der Waals surface area contributed by atoms with E-state index in [9.17, 15) is 13.2 Å². The highest BCUT2D eigenvalue weighted by Crippen LogP contribution is 1.97. The van der Waals surface area contributed by atoms with Gasteiger partial charge in [-0.05, 0) is 19.3 Å². The predicted octanol–water partition coefficient (Wildman–Crippen LogP) is 0.251. The van der Waals surface area contributed by atoms with E-state index in [0.717, 1.165) is 25.5 Å². The molecule has 0 aliphatic heterocycles. The highest BCUT2D eigenvalue weighted by molar-refractivity contribution is 7.85. The lowest BCUT2D eigenvalue weighted by Crippen LogP contribution is -2.10. The van der Waals surface area contributed by atoms with Crippen molar-refractivity contribution in [2.24, 2.45) is 0 Å². The summed E-state index contributed by atoms with van der Waals surface area (Å²) in [4.78, 5) is 10.1. The summed E-state index contributed by atoms with van der Waals surface area (Å²) < 4.78 is 35.6. The van der Waals surface area contributed by atoms with Crippen molar-refractivity contribution in [3.05, 3.63) is 0 Å². The van der Waals surface area contributed by atoms with Crippen LogP contribution in [0.5, 0.6) is 0 Å². The Bertz CT molecular complexity index is 312. The molecule has 0 bridgehead atoms. The Hall–Kier alpha value is -0.700. The molecule has 18 heavy (non-hydrogen) atoms. The molecule has 0 rings (SSSR count).